The molecule has 4 aromatic rings. The number of hydrogen-bond acceptors (Lipinski definition) is 5. The predicted octanol–water partition coefficient (Wildman–Crippen LogP) is 4.02. The summed E-state index contributed by atoms with van der Waals surface area (Å²) in [7, 11) is 0. The van der Waals surface area contributed by atoms with Gasteiger partial charge in [-0.3, -0.25) is 14.2 Å². The van der Waals surface area contributed by atoms with E-state index in [1.165, 1.54) is 23.9 Å². The molecule has 2 amide bonds. The van der Waals surface area contributed by atoms with Crippen LogP contribution in [0.2, 0.25) is 0 Å². The fourth-order valence-corrected chi connectivity index (χ4v) is 4.86. The summed E-state index contributed by atoms with van der Waals surface area (Å²) in [5.74, 6) is 0.0217. The zero-order valence-electron chi connectivity index (χ0n) is 18.7. The minimum absolute atomic E-state index is 0.0208. The third-order valence-electron chi connectivity index (χ3n) is 5.74. The van der Waals surface area contributed by atoms with Gasteiger partial charge in [-0.25, -0.2) is 4.39 Å². The summed E-state index contributed by atoms with van der Waals surface area (Å²) in [5, 5.41) is 11.9. The zero-order chi connectivity index (χ0) is 24.2. The number of halogens is 1. The SMILES string of the molecule is O=C(NCc1nnc(SCC(=O)N2CCc3ccccc32)n1-c1ccc(F)cc1)c1ccccc1. The van der Waals surface area contributed by atoms with Crippen LogP contribution in [0.4, 0.5) is 10.1 Å². The highest BCUT2D eigenvalue weighted by Crippen LogP contribution is 2.29. The molecule has 9 heteroatoms. The van der Waals surface area contributed by atoms with Gasteiger partial charge in [0, 0.05) is 23.5 Å². The van der Waals surface area contributed by atoms with Crippen LogP contribution in [0.15, 0.2) is 84.0 Å². The molecule has 0 spiro atoms. The summed E-state index contributed by atoms with van der Waals surface area (Å²) < 4.78 is 15.3. The number of hydrogen-bond donors (Lipinski definition) is 1. The Morgan fingerprint density at radius 3 is 2.49 bits per heavy atom. The number of thioether (sulfide) groups is 1. The molecule has 0 bridgehead atoms. The van der Waals surface area contributed by atoms with Crippen molar-refractivity contribution in [2.45, 2.75) is 18.1 Å². The molecular formula is C26H22FN5O2S. The Bertz CT molecular complexity index is 1360. The van der Waals surface area contributed by atoms with Crippen molar-refractivity contribution in [3.05, 3.63) is 102 Å². The third kappa shape index (κ3) is 4.95. The number of carbonyl (C=O) groups is 2. The lowest BCUT2D eigenvalue weighted by Crippen LogP contribution is -2.30. The number of carbonyl (C=O) groups excluding carboxylic acids is 2. The van der Waals surface area contributed by atoms with Gasteiger partial charge < -0.3 is 10.2 Å². The van der Waals surface area contributed by atoms with Gasteiger partial charge in [-0.15, -0.1) is 10.2 Å². The van der Waals surface area contributed by atoms with E-state index in [1.807, 2.05) is 30.3 Å². The fraction of sp³-hybridized carbons (Fsp3) is 0.154. The van der Waals surface area contributed by atoms with Gasteiger partial charge in [0.2, 0.25) is 5.91 Å². The summed E-state index contributed by atoms with van der Waals surface area (Å²) in [5.41, 5.74) is 3.28. The summed E-state index contributed by atoms with van der Waals surface area (Å²) >= 11 is 1.26. The molecule has 1 aromatic heterocycles. The first-order chi connectivity index (χ1) is 17.1. The maximum absolute atomic E-state index is 13.6. The van der Waals surface area contributed by atoms with E-state index in [0.29, 0.717) is 28.8 Å². The number of para-hydroxylation sites is 1. The van der Waals surface area contributed by atoms with Crippen LogP contribution >= 0.6 is 11.8 Å². The van der Waals surface area contributed by atoms with Crippen molar-refractivity contribution in [3.8, 4) is 5.69 Å². The number of fused-ring (bicyclic) bond motifs is 1. The minimum Gasteiger partial charge on any atom is -0.345 e. The molecule has 176 valence electrons. The minimum atomic E-state index is -0.363. The van der Waals surface area contributed by atoms with Crippen LogP contribution in [0.5, 0.6) is 0 Å². The van der Waals surface area contributed by atoms with Crippen LogP contribution in [-0.2, 0) is 17.8 Å². The monoisotopic (exact) mass is 487 g/mol. The Kier molecular flexibility index (Phi) is 6.58. The molecule has 0 atom stereocenters. The van der Waals surface area contributed by atoms with Gasteiger partial charge in [0.05, 0.1) is 12.3 Å². The van der Waals surface area contributed by atoms with Crippen LogP contribution in [-0.4, -0.2) is 38.9 Å². The average Bonchev–Trinajstić information content (AvgIpc) is 3.51. The van der Waals surface area contributed by atoms with E-state index in [1.54, 1.807) is 45.9 Å². The fourth-order valence-electron chi connectivity index (χ4n) is 4.01. The molecule has 0 saturated carbocycles. The second kappa shape index (κ2) is 10.1. The summed E-state index contributed by atoms with van der Waals surface area (Å²) in [6.45, 7) is 0.770. The maximum atomic E-state index is 13.6. The van der Waals surface area contributed by atoms with Gasteiger partial charge in [-0.2, -0.15) is 0 Å². The van der Waals surface area contributed by atoms with Gasteiger partial charge >= 0.3 is 0 Å². The van der Waals surface area contributed by atoms with E-state index < -0.39 is 0 Å². The van der Waals surface area contributed by atoms with Gasteiger partial charge in [-0.05, 0) is 54.4 Å². The lowest BCUT2D eigenvalue weighted by molar-refractivity contribution is -0.116. The van der Waals surface area contributed by atoms with Crippen molar-refractivity contribution in [1.82, 2.24) is 20.1 Å². The predicted molar refractivity (Wildman–Crippen MR) is 132 cm³/mol. The largest absolute Gasteiger partial charge is 0.345 e. The van der Waals surface area contributed by atoms with Crippen LogP contribution in [0.1, 0.15) is 21.7 Å². The number of benzene rings is 3. The normalized spacial score (nSPS) is 12.4. The molecule has 0 unspecified atom stereocenters. The lowest BCUT2D eigenvalue weighted by Gasteiger charge is -2.17. The molecule has 0 saturated heterocycles. The Labute approximate surface area is 206 Å². The molecule has 35 heavy (non-hydrogen) atoms. The molecule has 5 rings (SSSR count). The molecule has 0 fully saturated rings. The van der Waals surface area contributed by atoms with Crippen molar-refractivity contribution < 1.29 is 14.0 Å². The Balaban J connectivity index is 1.34. The van der Waals surface area contributed by atoms with Crippen LogP contribution < -0.4 is 10.2 Å². The number of rotatable bonds is 7. The average molecular weight is 488 g/mol. The summed E-state index contributed by atoms with van der Waals surface area (Å²) in [6, 6.07) is 22.7. The first kappa shape index (κ1) is 22.8. The van der Waals surface area contributed by atoms with Crippen LogP contribution in [0.25, 0.3) is 5.69 Å². The van der Waals surface area contributed by atoms with Crippen molar-refractivity contribution in [2.75, 3.05) is 17.2 Å². The second-order valence-corrected chi connectivity index (χ2v) is 8.91. The molecule has 1 N–H and O–H groups in total. The Morgan fingerprint density at radius 2 is 1.69 bits per heavy atom. The van der Waals surface area contributed by atoms with Gasteiger partial charge in [0.1, 0.15) is 5.82 Å². The number of amides is 2. The smallest absolute Gasteiger partial charge is 0.251 e. The number of anilines is 1. The topological polar surface area (TPSA) is 80.1 Å². The Hall–Kier alpha value is -3.98. The molecule has 3 aromatic carbocycles. The number of nitrogens with zero attached hydrogens (tertiary/aromatic N) is 4. The van der Waals surface area contributed by atoms with E-state index >= 15 is 0 Å². The van der Waals surface area contributed by atoms with E-state index in [4.69, 9.17) is 0 Å². The highest BCUT2D eigenvalue weighted by Gasteiger charge is 2.25. The van der Waals surface area contributed by atoms with E-state index in [0.717, 1.165) is 17.7 Å². The number of nitrogens with one attached hydrogen (secondary N) is 1. The van der Waals surface area contributed by atoms with Crippen molar-refractivity contribution >= 4 is 29.3 Å². The maximum Gasteiger partial charge on any atom is 0.251 e. The first-order valence-electron chi connectivity index (χ1n) is 11.1. The molecule has 7 nitrogen and oxygen atoms in total. The second-order valence-electron chi connectivity index (χ2n) is 7.97. The van der Waals surface area contributed by atoms with E-state index in [9.17, 15) is 14.0 Å². The molecule has 0 radical (unpaired) electrons. The Morgan fingerprint density at radius 1 is 0.943 bits per heavy atom. The first-order valence-corrected chi connectivity index (χ1v) is 12.1. The van der Waals surface area contributed by atoms with Gasteiger partial charge in [-0.1, -0.05) is 48.2 Å². The van der Waals surface area contributed by atoms with Gasteiger partial charge in [0.15, 0.2) is 11.0 Å². The molecule has 2 heterocycles. The van der Waals surface area contributed by atoms with Gasteiger partial charge in [0.25, 0.3) is 5.91 Å². The molecular weight excluding hydrogens is 465 g/mol. The standard InChI is InChI=1S/C26H22FN5O2S/c27-20-10-12-21(13-11-20)32-23(16-28-25(34)19-7-2-1-3-8-19)29-30-26(32)35-17-24(33)31-15-14-18-6-4-5-9-22(18)31/h1-13H,14-17H2,(H,28,34). The summed E-state index contributed by atoms with van der Waals surface area (Å²) in [6.07, 6.45) is 0.837. The summed E-state index contributed by atoms with van der Waals surface area (Å²) in [4.78, 5) is 27.3. The molecule has 1 aliphatic rings. The number of aromatic nitrogens is 3. The van der Waals surface area contributed by atoms with Crippen molar-refractivity contribution in [1.29, 1.82) is 0 Å². The van der Waals surface area contributed by atoms with Crippen LogP contribution in [0, 0.1) is 5.82 Å². The van der Waals surface area contributed by atoms with Crippen molar-refractivity contribution in [2.24, 2.45) is 0 Å². The third-order valence-corrected chi connectivity index (χ3v) is 6.65. The molecule has 1 aliphatic heterocycles. The van der Waals surface area contributed by atoms with E-state index in [2.05, 4.69) is 15.5 Å². The van der Waals surface area contributed by atoms with Crippen LogP contribution in [0.3, 0.4) is 0 Å². The highest BCUT2D eigenvalue weighted by atomic mass is 32.2. The van der Waals surface area contributed by atoms with E-state index in [-0.39, 0.29) is 29.9 Å². The zero-order valence-corrected chi connectivity index (χ0v) is 19.5. The molecule has 0 aliphatic carbocycles. The quantitative estimate of drug-likeness (QED) is 0.399. The lowest BCUT2D eigenvalue weighted by atomic mass is 10.2. The highest BCUT2D eigenvalue weighted by molar-refractivity contribution is 7.99. The van der Waals surface area contributed by atoms with Crippen molar-refractivity contribution in [3.63, 3.8) is 0 Å².